The summed E-state index contributed by atoms with van der Waals surface area (Å²) >= 11 is 4.08. The van der Waals surface area contributed by atoms with Gasteiger partial charge >= 0.3 is 0 Å². The van der Waals surface area contributed by atoms with E-state index in [4.69, 9.17) is 5.73 Å². The smallest absolute Gasteiger partial charge is 0.217 e. The van der Waals surface area contributed by atoms with Crippen molar-refractivity contribution in [2.45, 2.75) is 70.2 Å². The number of carbonyl (C=O) groups is 1. The molecule has 1 heterocycles. The number of allylic oxidation sites excluding steroid dienone is 2. The van der Waals surface area contributed by atoms with Crippen LogP contribution >= 0.6 is 33.9 Å². The van der Waals surface area contributed by atoms with Gasteiger partial charge in [0.25, 0.3) is 0 Å². The summed E-state index contributed by atoms with van der Waals surface area (Å²) in [6.07, 6.45) is 10.3. The van der Waals surface area contributed by atoms with Crippen molar-refractivity contribution in [2.75, 3.05) is 0 Å². The number of halogens is 1. The van der Waals surface area contributed by atoms with Crippen molar-refractivity contribution in [1.82, 2.24) is 0 Å². The fraction of sp³-hybridized carbons (Fsp3) is 0.591. The van der Waals surface area contributed by atoms with E-state index in [1.165, 1.54) is 13.3 Å². The molecule has 1 aromatic rings. The molecule has 5 N–H and O–H groups in total. The van der Waals surface area contributed by atoms with Gasteiger partial charge in [-0.2, -0.15) is 0 Å². The molecule has 1 aliphatic carbocycles. The molecule has 0 aromatic carbocycles. The van der Waals surface area contributed by atoms with Gasteiger partial charge in [0.15, 0.2) is 0 Å². The Balaban J connectivity index is 1.84. The van der Waals surface area contributed by atoms with Crippen LogP contribution in [0.25, 0.3) is 0 Å². The van der Waals surface area contributed by atoms with Crippen LogP contribution in [0, 0.1) is 21.6 Å². The van der Waals surface area contributed by atoms with Gasteiger partial charge in [-0.1, -0.05) is 24.3 Å². The second-order valence-corrected chi connectivity index (χ2v) is 10.9. The Morgan fingerprint density at radius 3 is 2.79 bits per heavy atom. The van der Waals surface area contributed by atoms with Gasteiger partial charge in [-0.05, 0) is 79.2 Å². The summed E-state index contributed by atoms with van der Waals surface area (Å²) in [7, 11) is 0. The summed E-state index contributed by atoms with van der Waals surface area (Å²) < 4.78 is 1.26. The largest absolute Gasteiger partial charge is 0.393 e. The van der Waals surface area contributed by atoms with Crippen LogP contribution in [0.4, 0.5) is 0 Å². The highest BCUT2D eigenvalue weighted by atomic mass is 127. The molecule has 5 nitrogen and oxygen atoms in total. The maximum atomic E-state index is 10.7. The van der Waals surface area contributed by atoms with Gasteiger partial charge in [-0.25, -0.2) is 0 Å². The highest BCUT2D eigenvalue weighted by molar-refractivity contribution is 14.1. The van der Waals surface area contributed by atoms with Gasteiger partial charge in [0.1, 0.15) is 0 Å². The molecule has 1 aliphatic rings. The molecule has 1 amide bonds. The lowest BCUT2D eigenvalue weighted by atomic mass is 9.89. The Labute approximate surface area is 190 Å². The Bertz CT molecular complexity index is 718. The molecular weight excluding hydrogens is 501 g/mol. The van der Waals surface area contributed by atoms with E-state index in [0.29, 0.717) is 25.7 Å². The average Bonchev–Trinajstić information content (AvgIpc) is 3.11. The summed E-state index contributed by atoms with van der Waals surface area (Å²) in [6, 6.07) is 2.16. The SMILES string of the molecule is Cc1cc(I)sc1CCC(O)/C=C/[C@H]1C(O)CC(O)[C@@H]1C/C=C\CCCC(N)=O. The van der Waals surface area contributed by atoms with Crippen LogP contribution in [0.1, 0.15) is 49.0 Å². The third-order valence-electron chi connectivity index (χ3n) is 5.50. The molecule has 7 heteroatoms. The van der Waals surface area contributed by atoms with Gasteiger partial charge in [0, 0.05) is 23.6 Å². The fourth-order valence-electron chi connectivity index (χ4n) is 3.83. The molecule has 0 saturated heterocycles. The third-order valence-corrected chi connectivity index (χ3v) is 7.56. The van der Waals surface area contributed by atoms with Gasteiger partial charge in [0.2, 0.25) is 5.91 Å². The van der Waals surface area contributed by atoms with Gasteiger partial charge in [-0.15, -0.1) is 11.3 Å². The first-order valence-corrected chi connectivity index (χ1v) is 12.1. The fourth-order valence-corrected chi connectivity index (χ4v) is 6.01. The number of primary amides is 1. The maximum absolute atomic E-state index is 10.7. The van der Waals surface area contributed by atoms with Crippen molar-refractivity contribution < 1.29 is 20.1 Å². The molecule has 1 fully saturated rings. The first-order chi connectivity index (χ1) is 13.8. The normalized spacial score (nSPS) is 26.0. The standard InChI is InChI=1S/C22H32INO4S/c1-14-12-21(23)29-20(14)11-9-15(25)8-10-17-16(18(26)13-19(17)27)6-4-2-3-5-7-22(24)28/h2,4,8,10,12,15-19,25-27H,3,5-7,9,11,13H2,1H3,(H2,24,28)/b4-2-,10-8+/t15?,16-,17-,18?,19?/m1/s1. The number of hydrogen-bond donors (Lipinski definition) is 4. The highest BCUT2D eigenvalue weighted by Crippen LogP contribution is 2.36. The Morgan fingerprint density at radius 2 is 2.14 bits per heavy atom. The minimum absolute atomic E-state index is 0.0676. The van der Waals surface area contributed by atoms with E-state index in [1.54, 1.807) is 17.4 Å². The number of carbonyl (C=O) groups excluding carboxylic acids is 1. The number of thiophene rings is 1. The molecule has 3 unspecified atom stereocenters. The lowest BCUT2D eigenvalue weighted by molar-refractivity contribution is -0.118. The van der Waals surface area contributed by atoms with Crippen LogP contribution in [-0.2, 0) is 11.2 Å². The van der Waals surface area contributed by atoms with Gasteiger partial charge < -0.3 is 21.1 Å². The molecule has 29 heavy (non-hydrogen) atoms. The topological polar surface area (TPSA) is 104 Å². The third kappa shape index (κ3) is 8.13. The minimum Gasteiger partial charge on any atom is -0.393 e. The Kier molecular flexibility index (Phi) is 10.3. The number of amides is 1. The molecule has 162 valence electrons. The molecule has 1 aromatic heterocycles. The molecule has 1 saturated carbocycles. The quantitative estimate of drug-likeness (QED) is 0.199. The van der Waals surface area contributed by atoms with E-state index in [9.17, 15) is 20.1 Å². The first-order valence-electron chi connectivity index (χ1n) is 10.2. The minimum atomic E-state index is -0.595. The van der Waals surface area contributed by atoms with Crippen molar-refractivity contribution in [3.63, 3.8) is 0 Å². The zero-order valence-electron chi connectivity index (χ0n) is 16.8. The highest BCUT2D eigenvalue weighted by Gasteiger charge is 2.39. The average molecular weight is 533 g/mol. The van der Waals surface area contributed by atoms with Crippen molar-refractivity contribution in [1.29, 1.82) is 0 Å². The molecule has 0 radical (unpaired) electrons. The zero-order valence-corrected chi connectivity index (χ0v) is 19.8. The van der Waals surface area contributed by atoms with E-state index < -0.39 is 18.3 Å². The first kappa shape index (κ1) is 24.5. The number of aliphatic hydroxyl groups is 3. The molecule has 0 spiro atoms. The Morgan fingerprint density at radius 1 is 1.38 bits per heavy atom. The second-order valence-electron chi connectivity index (χ2n) is 7.82. The number of aryl methyl sites for hydroxylation is 2. The van der Waals surface area contributed by atoms with E-state index in [1.807, 2.05) is 18.2 Å². The van der Waals surface area contributed by atoms with Crippen LogP contribution in [-0.4, -0.2) is 39.5 Å². The van der Waals surface area contributed by atoms with Crippen LogP contribution in [0.5, 0.6) is 0 Å². The summed E-state index contributed by atoms with van der Waals surface area (Å²) in [6.45, 7) is 2.10. The number of unbranched alkanes of at least 4 members (excludes halogenated alkanes) is 1. The molecular formula is C22H32INO4S. The maximum Gasteiger partial charge on any atom is 0.217 e. The summed E-state index contributed by atoms with van der Waals surface area (Å²) in [5.74, 6) is -0.526. The van der Waals surface area contributed by atoms with E-state index >= 15 is 0 Å². The van der Waals surface area contributed by atoms with Crippen LogP contribution in [0.3, 0.4) is 0 Å². The summed E-state index contributed by atoms with van der Waals surface area (Å²) in [5.41, 5.74) is 6.40. The Hall–Kier alpha value is -0.740. The summed E-state index contributed by atoms with van der Waals surface area (Å²) in [4.78, 5) is 12.0. The van der Waals surface area contributed by atoms with E-state index in [0.717, 1.165) is 19.3 Å². The number of nitrogens with two attached hydrogens (primary N) is 1. The second kappa shape index (κ2) is 12.2. The van der Waals surface area contributed by atoms with Crippen molar-refractivity contribution in [3.8, 4) is 0 Å². The van der Waals surface area contributed by atoms with Crippen LogP contribution < -0.4 is 5.73 Å². The number of aliphatic hydroxyl groups excluding tert-OH is 3. The zero-order chi connectivity index (χ0) is 21.4. The lowest BCUT2D eigenvalue weighted by Crippen LogP contribution is -2.20. The van der Waals surface area contributed by atoms with Gasteiger partial charge in [-0.3, -0.25) is 4.79 Å². The number of rotatable bonds is 11. The lowest BCUT2D eigenvalue weighted by Gasteiger charge is -2.19. The van der Waals surface area contributed by atoms with Crippen molar-refractivity contribution in [2.24, 2.45) is 17.6 Å². The molecule has 0 aliphatic heterocycles. The summed E-state index contributed by atoms with van der Waals surface area (Å²) in [5, 5.41) is 31.0. The van der Waals surface area contributed by atoms with Crippen molar-refractivity contribution in [3.05, 3.63) is 43.7 Å². The van der Waals surface area contributed by atoms with Crippen LogP contribution in [0.15, 0.2) is 30.4 Å². The molecule has 0 bridgehead atoms. The van der Waals surface area contributed by atoms with Gasteiger partial charge in [0.05, 0.1) is 21.2 Å². The molecule has 2 rings (SSSR count). The van der Waals surface area contributed by atoms with E-state index in [-0.39, 0.29) is 17.7 Å². The monoisotopic (exact) mass is 533 g/mol. The van der Waals surface area contributed by atoms with Crippen LogP contribution in [0.2, 0.25) is 0 Å². The predicted octanol–water partition coefficient (Wildman–Crippen LogP) is 3.47. The van der Waals surface area contributed by atoms with E-state index in [2.05, 4.69) is 35.6 Å². The predicted molar refractivity (Wildman–Crippen MR) is 126 cm³/mol. The molecule has 5 atom stereocenters. The van der Waals surface area contributed by atoms with Crippen molar-refractivity contribution >= 4 is 39.8 Å². The number of hydrogen-bond acceptors (Lipinski definition) is 5.